The highest BCUT2D eigenvalue weighted by Crippen LogP contribution is 2.20. The topological polar surface area (TPSA) is 29.5 Å². The minimum absolute atomic E-state index is 0.0736. The summed E-state index contributed by atoms with van der Waals surface area (Å²) >= 11 is 0. The molecule has 0 spiro atoms. The lowest BCUT2D eigenvalue weighted by atomic mass is 10.1. The zero-order chi connectivity index (χ0) is 11.6. The second kappa shape index (κ2) is 8.17. The molecule has 0 aliphatic heterocycles. The van der Waals surface area contributed by atoms with Gasteiger partial charge in [0.1, 0.15) is 12.4 Å². The van der Waals surface area contributed by atoms with Crippen LogP contribution in [0.3, 0.4) is 0 Å². The van der Waals surface area contributed by atoms with Crippen molar-refractivity contribution in [3.05, 3.63) is 29.8 Å². The largest absolute Gasteiger partial charge is 0.491 e. The molecular formula is C14H22O2. The summed E-state index contributed by atoms with van der Waals surface area (Å²) < 4.78 is 5.49. The van der Waals surface area contributed by atoms with Crippen LogP contribution in [0.25, 0.3) is 0 Å². The van der Waals surface area contributed by atoms with Gasteiger partial charge in [-0.05, 0) is 24.5 Å². The van der Waals surface area contributed by atoms with Crippen molar-refractivity contribution in [2.24, 2.45) is 0 Å². The van der Waals surface area contributed by atoms with Crippen molar-refractivity contribution in [1.82, 2.24) is 0 Å². The van der Waals surface area contributed by atoms with Crippen LogP contribution in [0, 0.1) is 0 Å². The van der Waals surface area contributed by atoms with E-state index in [2.05, 4.69) is 13.0 Å². The summed E-state index contributed by atoms with van der Waals surface area (Å²) in [6, 6.07) is 8.10. The van der Waals surface area contributed by atoms with Crippen LogP contribution in [0.1, 0.15) is 38.2 Å². The highest BCUT2D eigenvalue weighted by Gasteiger charge is 2.02. The molecule has 1 rings (SSSR count). The maximum Gasteiger partial charge on any atom is 0.122 e. The molecule has 0 aliphatic carbocycles. The molecule has 1 N–H and O–H groups in total. The molecule has 16 heavy (non-hydrogen) atoms. The molecule has 0 amide bonds. The molecule has 2 nitrogen and oxygen atoms in total. The Morgan fingerprint density at radius 2 is 1.94 bits per heavy atom. The van der Waals surface area contributed by atoms with Crippen LogP contribution < -0.4 is 4.74 Å². The smallest absolute Gasteiger partial charge is 0.122 e. The molecule has 90 valence electrons. The van der Waals surface area contributed by atoms with Crippen LogP contribution in [-0.2, 0) is 6.42 Å². The Bertz CT molecular complexity index is 284. The molecule has 0 unspecified atom stereocenters. The molecule has 0 saturated heterocycles. The van der Waals surface area contributed by atoms with Crippen molar-refractivity contribution in [1.29, 1.82) is 0 Å². The summed E-state index contributed by atoms with van der Waals surface area (Å²) in [4.78, 5) is 0. The van der Waals surface area contributed by atoms with Gasteiger partial charge in [0, 0.05) is 0 Å². The van der Waals surface area contributed by atoms with Gasteiger partial charge in [0.2, 0.25) is 0 Å². The Balaban J connectivity index is 2.43. The van der Waals surface area contributed by atoms with Gasteiger partial charge in [0.05, 0.1) is 6.61 Å². The summed E-state index contributed by atoms with van der Waals surface area (Å²) in [6.45, 7) is 2.68. The fourth-order valence-corrected chi connectivity index (χ4v) is 1.75. The van der Waals surface area contributed by atoms with Gasteiger partial charge in [-0.15, -0.1) is 0 Å². The van der Waals surface area contributed by atoms with E-state index in [1.165, 1.54) is 31.2 Å². The van der Waals surface area contributed by atoms with Crippen molar-refractivity contribution >= 4 is 0 Å². The van der Waals surface area contributed by atoms with E-state index in [1.54, 1.807) is 0 Å². The predicted molar refractivity (Wildman–Crippen MR) is 66.9 cm³/mol. The van der Waals surface area contributed by atoms with Gasteiger partial charge in [-0.2, -0.15) is 0 Å². The van der Waals surface area contributed by atoms with E-state index in [0.29, 0.717) is 6.61 Å². The number of hydrogen-bond donors (Lipinski definition) is 1. The van der Waals surface area contributed by atoms with Gasteiger partial charge < -0.3 is 9.84 Å². The van der Waals surface area contributed by atoms with Crippen molar-refractivity contribution in [3.8, 4) is 5.75 Å². The van der Waals surface area contributed by atoms with E-state index in [4.69, 9.17) is 9.84 Å². The average Bonchev–Trinajstić information content (AvgIpc) is 2.33. The van der Waals surface area contributed by atoms with E-state index in [0.717, 1.165) is 12.2 Å². The summed E-state index contributed by atoms with van der Waals surface area (Å²) in [5.74, 6) is 0.924. The van der Waals surface area contributed by atoms with Crippen LogP contribution in [0.15, 0.2) is 24.3 Å². The molecule has 0 saturated carbocycles. The SMILES string of the molecule is CCCCCCc1ccccc1OCCO. The fraction of sp³-hybridized carbons (Fsp3) is 0.571. The second-order valence-corrected chi connectivity index (χ2v) is 3.99. The number of aryl methyl sites for hydroxylation is 1. The summed E-state index contributed by atoms with van der Waals surface area (Å²) in [6.07, 6.45) is 6.14. The number of aliphatic hydroxyl groups is 1. The first-order valence-electron chi connectivity index (χ1n) is 6.20. The van der Waals surface area contributed by atoms with E-state index < -0.39 is 0 Å². The first-order chi connectivity index (χ1) is 7.88. The van der Waals surface area contributed by atoms with Gasteiger partial charge >= 0.3 is 0 Å². The average molecular weight is 222 g/mol. The van der Waals surface area contributed by atoms with Gasteiger partial charge in [-0.25, -0.2) is 0 Å². The van der Waals surface area contributed by atoms with E-state index in [9.17, 15) is 0 Å². The van der Waals surface area contributed by atoms with E-state index in [1.807, 2.05) is 18.2 Å². The number of para-hydroxylation sites is 1. The van der Waals surface area contributed by atoms with E-state index >= 15 is 0 Å². The number of benzene rings is 1. The first-order valence-corrected chi connectivity index (χ1v) is 6.20. The molecule has 1 aromatic carbocycles. The van der Waals surface area contributed by atoms with Crippen LogP contribution in [0.5, 0.6) is 5.75 Å². The monoisotopic (exact) mass is 222 g/mol. The lowest BCUT2D eigenvalue weighted by molar-refractivity contribution is 0.200. The van der Waals surface area contributed by atoms with Crippen LogP contribution in [-0.4, -0.2) is 18.3 Å². The maximum atomic E-state index is 8.74. The molecule has 0 radical (unpaired) electrons. The Kier molecular flexibility index (Phi) is 6.66. The minimum Gasteiger partial charge on any atom is -0.491 e. The van der Waals surface area contributed by atoms with Gasteiger partial charge in [0.25, 0.3) is 0 Å². The highest BCUT2D eigenvalue weighted by molar-refractivity contribution is 5.33. The lowest BCUT2D eigenvalue weighted by Gasteiger charge is -2.10. The minimum atomic E-state index is 0.0736. The Morgan fingerprint density at radius 3 is 2.69 bits per heavy atom. The first kappa shape index (κ1) is 13.0. The van der Waals surface area contributed by atoms with Gasteiger partial charge in [0.15, 0.2) is 0 Å². The van der Waals surface area contributed by atoms with Crippen molar-refractivity contribution in [2.75, 3.05) is 13.2 Å². The molecule has 0 bridgehead atoms. The Hall–Kier alpha value is -1.02. The maximum absolute atomic E-state index is 8.74. The third kappa shape index (κ3) is 4.67. The second-order valence-electron chi connectivity index (χ2n) is 3.99. The van der Waals surface area contributed by atoms with Crippen LogP contribution >= 0.6 is 0 Å². The van der Waals surface area contributed by atoms with Crippen molar-refractivity contribution < 1.29 is 9.84 Å². The quantitative estimate of drug-likeness (QED) is 0.684. The summed E-state index contributed by atoms with van der Waals surface area (Å²) in [7, 11) is 0. The van der Waals surface area contributed by atoms with Crippen molar-refractivity contribution in [3.63, 3.8) is 0 Å². The molecule has 1 aromatic rings. The zero-order valence-corrected chi connectivity index (χ0v) is 10.1. The Morgan fingerprint density at radius 1 is 1.12 bits per heavy atom. The molecule has 0 aliphatic rings. The molecule has 0 aromatic heterocycles. The number of hydrogen-bond acceptors (Lipinski definition) is 2. The normalized spacial score (nSPS) is 10.4. The molecule has 0 heterocycles. The summed E-state index contributed by atoms with van der Waals surface area (Å²) in [5, 5.41) is 8.74. The van der Waals surface area contributed by atoms with Crippen LogP contribution in [0.2, 0.25) is 0 Å². The number of aliphatic hydroxyl groups excluding tert-OH is 1. The van der Waals surface area contributed by atoms with Gasteiger partial charge in [-0.3, -0.25) is 0 Å². The van der Waals surface area contributed by atoms with Crippen LogP contribution in [0.4, 0.5) is 0 Å². The zero-order valence-electron chi connectivity index (χ0n) is 10.1. The van der Waals surface area contributed by atoms with E-state index in [-0.39, 0.29) is 6.61 Å². The third-order valence-electron chi connectivity index (χ3n) is 2.62. The standard InChI is InChI=1S/C14H22O2/c1-2-3-4-5-8-13-9-6-7-10-14(13)16-12-11-15/h6-7,9-10,15H,2-5,8,11-12H2,1H3. The lowest BCUT2D eigenvalue weighted by Crippen LogP contribution is -2.03. The van der Waals surface area contributed by atoms with Gasteiger partial charge in [-0.1, -0.05) is 44.4 Å². The fourth-order valence-electron chi connectivity index (χ4n) is 1.75. The number of ether oxygens (including phenoxy) is 1. The highest BCUT2D eigenvalue weighted by atomic mass is 16.5. The molecule has 0 fully saturated rings. The molecular weight excluding hydrogens is 200 g/mol. The summed E-state index contributed by atoms with van der Waals surface area (Å²) in [5.41, 5.74) is 1.26. The number of rotatable bonds is 8. The van der Waals surface area contributed by atoms with Crippen molar-refractivity contribution in [2.45, 2.75) is 39.0 Å². The molecule has 2 heteroatoms. The third-order valence-corrected chi connectivity index (χ3v) is 2.62. The predicted octanol–water partition coefficient (Wildman–Crippen LogP) is 3.18. The number of unbranched alkanes of at least 4 members (excludes halogenated alkanes) is 3. The Labute approximate surface area is 98.3 Å². The molecule has 0 atom stereocenters.